The number of ether oxygens (including phenoxy) is 2. The molecule has 2 aromatic carbocycles. The summed E-state index contributed by atoms with van der Waals surface area (Å²) in [6.07, 6.45) is 1.65. The first kappa shape index (κ1) is 25.2. The predicted octanol–water partition coefficient (Wildman–Crippen LogP) is 5.18. The summed E-state index contributed by atoms with van der Waals surface area (Å²) in [6.45, 7) is 2.65. The van der Waals surface area contributed by atoms with Crippen LogP contribution in [0.3, 0.4) is 0 Å². The number of halogens is 4. The second kappa shape index (κ2) is 10.5. The summed E-state index contributed by atoms with van der Waals surface area (Å²) >= 11 is 0. The van der Waals surface area contributed by atoms with Gasteiger partial charge in [0.05, 0.1) is 25.9 Å². The third kappa shape index (κ3) is 4.78. The predicted molar refractivity (Wildman–Crippen MR) is 131 cm³/mol. The quantitative estimate of drug-likeness (QED) is 0.357. The van der Waals surface area contributed by atoms with Crippen molar-refractivity contribution in [3.63, 3.8) is 0 Å². The van der Waals surface area contributed by atoms with Crippen LogP contribution < -0.4 is 10.1 Å². The Kier molecular flexibility index (Phi) is 7.37. The van der Waals surface area contributed by atoms with Crippen molar-refractivity contribution in [3.05, 3.63) is 70.3 Å². The van der Waals surface area contributed by atoms with E-state index in [4.69, 9.17) is 9.47 Å². The second-order valence-electron chi connectivity index (χ2n) is 10.0. The van der Waals surface area contributed by atoms with Gasteiger partial charge in [-0.2, -0.15) is 0 Å². The zero-order valence-electron chi connectivity index (χ0n) is 20.5. The fourth-order valence-corrected chi connectivity index (χ4v) is 5.61. The van der Waals surface area contributed by atoms with Gasteiger partial charge in [-0.3, -0.25) is 9.29 Å². The first-order valence-electron chi connectivity index (χ1n) is 12.6. The van der Waals surface area contributed by atoms with E-state index in [-0.39, 0.29) is 43.7 Å². The van der Waals surface area contributed by atoms with Crippen LogP contribution in [0.1, 0.15) is 42.5 Å². The summed E-state index contributed by atoms with van der Waals surface area (Å²) in [5.41, 5.74) is 2.60. The van der Waals surface area contributed by atoms with E-state index >= 15 is 13.2 Å². The summed E-state index contributed by atoms with van der Waals surface area (Å²) in [5.74, 6) is -1.48. The van der Waals surface area contributed by atoms with E-state index in [1.807, 2.05) is 30.0 Å². The summed E-state index contributed by atoms with van der Waals surface area (Å²) < 4.78 is 69.7. The molecule has 0 aromatic heterocycles. The van der Waals surface area contributed by atoms with Gasteiger partial charge in [-0.1, -0.05) is 24.3 Å². The molecular weight excluding hydrogens is 472 g/mol. The maximum atomic E-state index is 16.0. The van der Waals surface area contributed by atoms with E-state index in [1.54, 1.807) is 0 Å². The van der Waals surface area contributed by atoms with Crippen molar-refractivity contribution in [2.24, 2.45) is 0 Å². The van der Waals surface area contributed by atoms with Gasteiger partial charge < -0.3 is 14.8 Å². The molecule has 8 heteroatoms. The molecule has 0 bridgehead atoms. The number of fused-ring (bicyclic) bond motifs is 2. The maximum Gasteiger partial charge on any atom is 0.173 e. The van der Waals surface area contributed by atoms with E-state index in [0.29, 0.717) is 32.4 Å². The highest BCUT2D eigenvalue weighted by Crippen LogP contribution is 2.50. The SMILES string of the molecule is C[C@@H]1CC2=C(Cc3ccccc32)[C@@H](c2c(F)ccc(OCCNCCCF)c2F)N1CC1(F)COC1. The van der Waals surface area contributed by atoms with E-state index in [0.717, 1.165) is 22.3 Å². The molecule has 194 valence electrons. The Morgan fingerprint density at radius 2 is 1.94 bits per heavy atom. The van der Waals surface area contributed by atoms with Crippen LogP contribution in [0.15, 0.2) is 42.0 Å². The van der Waals surface area contributed by atoms with Gasteiger partial charge in [0.2, 0.25) is 0 Å². The molecule has 0 spiro atoms. The van der Waals surface area contributed by atoms with Crippen LogP contribution in [-0.4, -0.2) is 62.7 Å². The molecule has 2 atom stereocenters. The Bertz CT molecular complexity index is 1130. The lowest BCUT2D eigenvalue weighted by Gasteiger charge is -2.47. The molecule has 1 aliphatic carbocycles. The second-order valence-corrected chi connectivity index (χ2v) is 10.0. The minimum absolute atomic E-state index is 0.0153. The van der Waals surface area contributed by atoms with Crippen LogP contribution in [0.25, 0.3) is 5.57 Å². The molecule has 1 N–H and O–H groups in total. The molecule has 0 saturated carbocycles. The van der Waals surface area contributed by atoms with E-state index < -0.39 is 30.0 Å². The van der Waals surface area contributed by atoms with Crippen molar-refractivity contribution in [3.8, 4) is 5.75 Å². The van der Waals surface area contributed by atoms with Crippen molar-refractivity contribution >= 4 is 5.57 Å². The zero-order chi connectivity index (χ0) is 25.3. The monoisotopic (exact) mass is 504 g/mol. The van der Waals surface area contributed by atoms with E-state index in [9.17, 15) is 4.39 Å². The van der Waals surface area contributed by atoms with Crippen LogP contribution in [-0.2, 0) is 11.2 Å². The fourth-order valence-electron chi connectivity index (χ4n) is 5.61. The van der Waals surface area contributed by atoms with Gasteiger partial charge in [0.25, 0.3) is 0 Å². The molecule has 5 rings (SSSR count). The normalized spacial score (nSPS) is 22.8. The Hall–Kier alpha value is -2.42. The number of alkyl halides is 2. The third-order valence-electron chi connectivity index (χ3n) is 7.41. The molecule has 3 aliphatic rings. The summed E-state index contributed by atoms with van der Waals surface area (Å²) in [6, 6.07) is 9.66. The number of benzene rings is 2. The number of nitrogens with zero attached hydrogens (tertiary/aromatic N) is 1. The average molecular weight is 505 g/mol. The fraction of sp³-hybridized carbons (Fsp3) is 0.500. The standard InChI is InChI=1S/C28H32F4N2O2/c1-18-13-21-20-6-3-2-5-19(20)14-22(21)27(34(18)15-28(32)16-35-17-28)25-23(30)7-8-24(26(25)31)36-12-11-33-10-4-9-29/h2-3,5-8,18,27,33H,4,9-17H2,1H3/t18-,27+/m1/s1. The Balaban J connectivity index is 1.49. The number of rotatable bonds is 10. The summed E-state index contributed by atoms with van der Waals surface area (Å²) in [5, 5.41) is 3.03. The molecule has 2 heterocycles. The van der Waals surface area contributed by atoms with Crippen LogP contribution in [0.4, 0.5) is 17.6 Å². The lowest BCUT2D eigenvalue weighted by molar-refractivity contribution is -0.147. The Morgan fingerprint density at radius 1 is 1.14 bits per heavy atom. The largest absolute Gasteiger partial charge is 0.489 e. The molecule has 4 nitrogen and oxygen atoms in total. The lowest BCUT2D eigenvalue weighted by Crippen LogP contribution is -2.57. The van der Waals surface area contributed by atoms with Gasteiger partial charge in [-0.15, -0.1) is 0 Å². The highest BCUT2D eigenvalue weighted by Gasteiger charge is 2.47. The molecule has 1 fully saturated rings. The minimum atomic E-state index is -1.54. The molecule has 1 saturated heterocycles. The van der Waals surface area contributed by atoms with Crippen molar-refractivity contribution in [1.82, 2.24) is 10.2 Å². The van der Waals surface area contributed by atoms with Gasteiger partial charge in [-0.05, 0) is 67.1 Å². The van der Waals surface area contributed by atoms with Crippen LogP contribution in [0.2, 0.25) is 0 Å². The maximum absolute atomic E-state index is 16.0. The zero-order valence-corrected chi connectivity index (χ0v) is 20.5. The van der Waals surface area contributed by atoms with Crippen LogP contribution >= 0.6 is 0 Å². The highest BCUT2D eigenvalue weighted by atomic mass is 19.1. The van der Waals surface area contributed by atoms with Crippen LogP contribution in [0.5, 0.6) is 5.75 Å². The average Bonchev–Trinajstić information content (AvgIpc) is 3.21. The van der Waals surface area contributed by atoms with Crippen molar-refractivity contribution in [2.45, 2.75) is 43.9 Å². The molecule has 2 aliphatic heterocycles. The van der Waals surface area contributed by atoms with Gasteiger partial charge in [0, 0.05) is 24.7 Å². The van der Waals surface area contributed by atoms with Crippen molar-refractivity contribution in [1.29, 1.82) is 0 Å². The molecule has 0 radical (unpaired) electrons. The molecule has 0 amide bonds. The van der Waals surface area contributed by atoms with Gasteiger partial charge in [0.15, 0.2) is 17.2 Å². The summed E-state index contributed by atoms with van der Waals surface area (Å²) in [7, 11) is 0. The number of nitrogens with one attached hydrogen (secondary N) is 1. The first-order chi connectivity index (χ1) is 17.4. The van der Waals surface area contributed by atoms with Gasteiger partial charge in [-0.25, -0.2) is 13.2 Å². The molecule has 36 heavy (non-hydrogen) atoms. The Labute approximate surface area is 209 Å². The van der Waals surface area contributed by atoms with Crippen molar-refractivity contribution in [2.75, 3.05) is 46.1 Å². The van der Waals surface area contributed by atoms with Gasteiger partial charge >= 0.3 is 0 Å². The Morgan fingerprint density at radius 3 is 2.69 bits per heavy atom. The minimum Gasteiger partial charge on any atom is -0.489 e. The van der Waals surface area contributed by atoms with Crippen molar-refractivity contribution < 1.29 is 27.0 Å². The third-order valence-corrected chi connectivity index (χ3v) is 7.41. The first-order valence-corrected chi connectivity index (χ1v) is 12.6. The number of hydrogen-bond acceptors (Lipinski definition) is 4. The molecular formula is C28H32F4N2O2. The summed E-state index contributed by atoms with van der Waals surface area (Å²) in [4.78, 5) is 1.90. The van der Waals surface area contributed by atoms with Crippen LogP contribution in [0, 0.1) is 11.6 Å². The molecule has 2 aromatic rings. The smallest absolute Gasteiger partial charge is 0.173 e. The number of hydrogen-bond donors (Lipinski definition) is 1. The molecule has 0 unspecified atom stereocenters. The lowest BCUT2D eigenvalue weighted by atomic mass is 9.83. The van der Waals surface area contributed by atoms with Gasteiger partial charge in [0.1, 0.15) is 12.4 Å². The highest BCUT2D eigenvalue weighted by molar-refractivity contribution is 5.79. The van der Waals surface area contributed by atoms with E-state index in [2.05, 4.69) is 11.4 Å². The van der Waals surface area contributed by atoms with E-state index in [1.165, 1.54) is 12.1 Å². The topological polar surface area (TPSA) is 33.7 Å².